The van der Waals surface area contributed by atoms with Crippen molar-refractivity contribution >= 4 is 80.7 Å². The van der Waals surface area contributed by atoms with Crippen LogP contribution in [0.1, 0.15) is 0 Å². The molecule has 0 aliphatic carbocycles. The molecule has 0 heterocycles. The van der Waals surface area contributed by atoms with Crippen LogP contribution in [0.2, 0.25) is 0 Å². The van der Waals surface area contributed by atoms with E-state index in [0.29, 0.717) is 10.4 Å². The summed E-state index contributed by atoms with van der Waals surface area (Å²) in [5, 5.41) is 8.21. The number of benzene rings is 9. The summed E-state index contributed by atoms with van der Waals surface area (Å²) in [6, 6.07) is 93.1. The first kappa shape index (κ1) is 41.1. The average Bonchev–Trinajstić information content (AvgIpc) is 3.37. The molecule has 1 N–H and O–H groups in total. The summed E-state index contributed by atoms with van der Waals surface area (Å²) in [4.78, 5) is 13.8. The van der Waals surface area contributed by atoms with E-state index < -0.39 is 34.0 Å². The maximum Gasteiger partial charge on any atom is 0.396 e. The second kappa shape index (κ2) is 18.3. The van der Waals surface area contributed by atoms with Gasteiger partial charge >= 0.3 is 25.7 Å². The van der Waals surface area contributed by atoms with Crippen LogP contribution in [-0.4, -0.2) is 38.8 Å². The van der Waals surface area contributed by atoms with Crippen molar-refractivity contribution in [2.24, 2.45) is 0 Å². The van der Waals surface area contributed by atoms with Crippen LogP contribution in [0.15, 0.2) is 273 Å². The molecular weight excluding hydrogens is 825 g/mol. The molecule has 0 amide bonds. The molecule has 0 saturated carbocycles. The van der Waals surface area contributed by atoms with Crippen molar-refractivity contribution < 1.29 is 17.1 Å². The fourth-order valence-electron chi connectivity index (χ4n) is 8.41. The van der Waals surface area contributed by atoms with Gasteiger partial charge < -0.3 is 17.1 Å². The Morgan fingerprint density at radius 1 is 0.210 bits per heavy atom. The molecule has 8 heteroatoms. The highest BCUT2D eigenvalue weighted by atomic mass is 28.5. The van der Waals surface area contributed by atoms with Crippen molar-refractivity contribution in [1.82, 2.24) is 0 Å². The SMILES string of the molecule is O[Si](O[Si](O[Si](O[Si](c1ccccc1)(c1ccccc1)c1ccccc1)(c1ccccc1)c1ccccc1)(c1ccccc1)c1ccccc1)(c1ccccc1)c1ccccc1. The molecule has 0 saturated heterocycles. The number of rotatable bonds is 15. The molecule has 0 aliphatic rings. The summed E-state index contributed by atoms with van der Waals surface area (Å²) in [6.07, 6.45) is 0. The van der Waals surface area contributed by atoms with Crippen molar-refractivity contribution in [3.05, 3.63) is 273 Å². The normalized spacial score (nSPS) is 12.1. The Kier molecular flexibility index (Phi) is 12.2. The van der Waals surface area contributed by atoms with E-state index in [1.807, 2.05) is 109 Å². The van der Waals surface area contributed by atoms with E-state index >= 15 is 0 Å². The van der Waals surface area contributed by atoms with Crippen LogP contribution >= 0.6 is 0 Å². The smallest absolute Gasteiger partial charge is 0.396 e. The Balaban J connectivity index is 1.43. The molecule has 0 aliphatic heterocycles. The van der Waals surface area contributed by atoms with E-state index in [4.69, 9.17) is 12.3 Å². The van der Waals surface area contributed by atoms with Gasteiger partial charge in [-0.05, 0) is 46.7 Å². The Morgan fingerprint density at radius 3 is 0.645 bits per heavy atom. The monoisotopic (exact) mass is 870 g/mol. The zero-order chi connectivity index (χ0) is 42.1. The van der Waals surface area contributed by atoms with E-state index in [9.17, 15) is 4.80 Å². The Labute approximate surface area is 368 Å². The summed E-state index contributed by atoms with van der Waals surface area (Å²) >= 11 is 0. The Bertz CT molecular complexity index is 2540. The van der Waals surface area contributed by atoms with Gasteiger partial charge in [0.15, 0.2) is 0 Å². The van der Waals surface area contributed by atoms with E-state index in [-0.39, 0.29) is 0 Å². The van der Waals surface area contributed by atoms with Crippen molar-refractivity contribution in [1.29, 1.82) is 0 Å². The fourth-order valence-corrected chi connectivity index (χ4v) is 28.4. The van der Waals surface area contributed by atoms with Crippen molar-refractivity contribution in [2.45, 2.75) is 0 Å². The first-order valence-electron chi connectivity index (χ1n) is 20.9. The predicted molar refractivity (Wildman–Crippen MR) is 263 cm³/mol. The van der Waals surface area contributed by atoms with E-state index in [2.05, 4.69) is 164 Å². The van der Waals surface area contributed by atoms with Gasteiger partial charge in [0, 0.05) is 0 Å². The van der Waals surface area contributed by atoms with E-state index in [0.717, 1.165) is 36.3 Å². The van der Waals surface area contributed by atoms with Gasteiger partial charge in [-0.1, -0.05) is 273 Å². The summed E-state index contributed by atoms with van der Waals surface area (Å²) in [7, 11) is -16.0. The minimum atomic E-state index is -4.18. The number of hydrogen-bond acceptors (Lipinski definition) is 4. The van der Waals surface area contributed by atoms with E-state index in [1.54, 1.807) is 0 Å². The lowest BCUT2D eigenvalue weighted by Gasteiger charge is -2.48. The average molecular weight is 871 g/mol. The quantitative estimate of drug-likeness (QED) is 0.110. The zero-order valence-corrected chi connectivity index (χ0v) is 38.2. The van der Waals surface area contributed by atoms with E-state index in [1.165, 1.54) is 0 Å². The fraction of sp³-hybridized carbons (Fsp3) is 0. The maximum absolute atomic E-state index is 13.8. The summed E-state index contributed by atoms with van der Waals surface area (Å²) in [5.74, 6) is 0. The summed E-state index contributed by atoms with van der Waals surface area (Å²) in [5.41, 5.74) is 0. The molecule has 0 bridgehead atoms. The first-order valence-corrected chi connectivity index (χ1v) is 28.3. The van der Waals surface area contributed by atoms with Gasteiger partial charge in [0.1, 0.15) is 0 Å². The Hall–Kier alpha value is -6.31. The molecular formula is C54H46O4Si4. The van der Waals surface area contributed by atoms with Crippen LogP contribution in [0, 0.1) is 0 Å². The third-order valence-electron chi connectivity index (χ3n) is 11.4. The van der Waals surface area contributed by atoms with Crippen LogP contribution in [0.3, 0.4) is 0 Å². The molecule has 0 aromatic heterocycles. The highest BCUT2D eigenvalue weighted by Gasteiger charge is 2.62. The molecule has 4 nitrogen and oxygen atoms in total. The van der Waals surface area contributed by atoms with Crippen LogP contribution in [0.5, 0.6) is 0 Å². The standard InChI is InChI=1S/C54H46O4Si4/c55-60(49-34-16-4-17-35-49,50-36-18-5-19-37-50)57-62(53-42-24-8-25-43-53,54-44-26-9-27-45-54)58-61(51-38-20-6-21-39-51,52-40-22-7-23-41-52)56-59(46-28-10-1-11-29-46,47-30-12-2-13-31-47)48-32-14-3-15-33-48/h1-45,55H. The molecule has 9 rings (SSSR count). The highest BCUT2D eigenvalue weighted by Crippen LogP contribution is 2.26. The zero-order valence-electron chi connectivity index (χ0n) is 34.2. The first-order chi connectivity index (χ1) is 30.6. The third-order valence-corrected chi connectivity index (χ3v) is 28.4. The molecule has 62 heavy (non-hydrogen) atoms. The van der Waals surface area contributed by atoms with Gasteiger partial charge in [-0.25, -0.2) is 0 Å². The van der Waals surface area contributed by atoms with Crippen LogP contribution < -0.4 is 46.7 Å². The van der Waals surface area contributed by atoms with Crippen molar-refractivity contribution in [2.75, 3.05) is 0 Å². The minimum Gasteiger partial charge on any atom is -0.419 e. The van der Waals surface area contributed by atoms with Gasteiger partial charge in [0.25, 0.3) is 8.32 Å². The van der Waals surface area contributed by atoms with Gasteiger partial charge in [0.05, 0.1) is 0 Å². The molecule has 9 aromatic rings. The molecule has 302 valence electrons. The molecule has 0 spiro atoms. The molecule has 0 radical (unpaired) electrons. The lowest BCUT2D eigenvalue weighted by Crippen LogP contribution is -2.83. The summed E-state index contributed by atoms with van der Waals surface area (Å²) in [6.45, 7) is 0. The second-order valence-electron chi connectivity index (χ2n) is 15.2. The maximum atomic E-state index is 13.8. The minimum absolute atomic E-state index is 0.715. The predicted octanol–water partition coefficient (Wildman–Crippen LogP) is 5.47. The molecule has 0 fully saturated rings. The Morgan fingerprint density at radius 2 is 0.403 bits per heavy atom. The molecule has 9 aromatic carbocycles. The highest BCUT2D eigenvalue weighted by molar-refractivity contribution is 7.16. The van der Waals surface area contributed by atoms with Crippen LogP contribution in [0.4, 0.5) is 0 Å². The number of hydrogen-bond donors (Lipinski definition) is 1. The topological polar surface area (TPSA) is 47.9 Å². The van der Waals surface area contributed by atoms with Crippen LogP contribution in [0.25, 0.3) is 0 Å². The molecule has 0 atom stereocenters. The van der Waals surface area contributed by atoms with Crippen molar-refractivity contribution in [3.8, 4) is 0 Å². The second-order valence-corrected chi connectivity index (χ2v) is 27.9. The van der Waals surface area contributed by atoms with Crippen molar-refractivity contribution in [3.63, 3.8) is 0 Å². The van der Waals surface area contributed by atoms with Crippen LogP contribution in [-0.2, 0) is 12.3 Å². The van der Waals surface area contributed by atoms with Gasteiger partial charge in [0.2, 0.25) is 0 Å². The van der Waals surface area contributed by atoms with Gasteiger partial charge in [-0.2, -0.15) is 0 Å². The lowest BCUT2D eigenvalue weighted by molar-refractivity contribution is 0.325. The lowest BCUT2D eigenvalue weighted by atomic mass is 10.3. The van der Waals surface area contributed by atoms with Gasteiger partial charge in [-0.15, -0.1) is 0 Å². The van der Waals surface area contributed by atoms with Gasteiger partial charge in [-0.3, -0.25) is 0 Å². The summed E-state index contributed by atoms with van der Waals surface area (Å²) < 4.78 is 25.2. The largest absolute Gasteiger partial charge is 0.419 e. The molecule has 0 unspecified atom stereocenters. The third kappa shape index (κ3) is 7.86.